The minimum Gasteiger partial charge on any atom is -0.457 e. The Balaban J connectivity index is 0.971. The van der Waals surface area contributed by atoms with E-state index in [1.54, 1.807) is 6.08 Å². The zero-order valence-electron chi connectivity index (χ0n) is 43.3. The molecule has 16 rings (SSSR count). The lowest BCUT2D eigenvalue weighted by molar-refractivity contribution is 0.436. The molecule has 4 nitrogen and oxygen atoms in total. The van der Waals surface area contributed by atoms with Gasteiger partial charge < -0.3 is 18.8 Å². The molecule has 0 saturated carbocycles. The van der Waals surface area contributed by atoms with Gasteiger partial charge in [-0.2, -0.15) is 0 Å². The van der Waals surface area contributed by atoms with Crippen molar-refractivity contribution in [2.75, 3.05) is 4.90 Å². The number of rotatable bonds is 7. The van der Waals surface area contributed by atoms with Gasteiger partial charge >= 0.3 is 0 Å². The van der Waals surface area contributed by atoms with Crippen molar-refractivity contribution in [3.63, 3.8) is 0 Å². The standard InChI is InChI=1S/C75H49NO3/c1-3-22-54-65(4-2)77-70-42-20-26-49(72(54)70)47-43-45-48(46-44-47)76(64-37-21-35-62-73(64)53-25-6-9-29-56(53)75(62)59-32-12-17-40-68(59)79-69-41-18-13-33-60(69)75)63-36-14-7-23-50(63)51-27-19-34-61-71(51)52-24-5-8-28-55(52)74(61)57-30-10-15-38-66(57)78-67-39-16-11-31-58(67)74/h3-46H,2H2,1H3/b22-3-. The maximum Gasteiger partial charge on any atom is 0.136 e. The minimum absolute atomic E-state index is 0.622. The summed E-state index contributed by atoms with van der Waals surface area (Å²) in [7, 11) is 0. The Labute approximate surface area is 459 Å². The van der Waals surface area contributed by atoms with Crippen LogP contribution >= 0.6 is 0 Å². The van der Waals surface area contributed by atoms with Crippen LogP contribution in [0.3, 0.4) is 0 Å². The molecule has 2 aliphatic carbocycles. The maximum absolute atomic E-state index is 6.79. The summed E-state index contributed by atoms with van der Waals surface area (Å²) in [4.78, 5) is 2.51. The van der Waals surface area contributed by atoms with E-state index in [2.05, 4.69) is 266 Å². The number of hydrogen-bond donors (Lipinski definition) is 0. The molecule has 0 bridgehead atoms. The first kappa shape index (κ1) is 45.1. The summed E-state index contributed by atoms with van der Waals surface area (Å²) in [5.41, 5.74) is 22.4. The second-order valence-corrected chi connectivity index (χ2v) is 20.9. The van der Waals surface area contributed by atoms with Gasteiger partial charge in [0.25, 0.3) is 0 Å². The lowest BCUT2D eigenvalue weighted by Gasteiger charge is -2.39. The Morgan fingerprint density at radius 3 is 1.38 bits per heavy atom. The van der Waals surface area contributed by atoms with Gasteiger partial charge in [-0.05, 0) is 123 Å². The van der Waals surface area contributed by atoms with Gasteiger partial charge in [-0.15, -0.1) is 0 Å². The van der Waals surface area contributed by atoms with E-state index in [4.69, 9.17) is 13.9 Å². The van der Waals surface area contributed by atoms with Gasteiger partial charge in [0.15, 0.2) is 0 Å². The van der Waals surface area contributed by atoms with E-state index in [0.29, 0.717) is 0 Å². The SMILES string of the molecule is C=Cc1oc2cccc(-c3ccc(N(c4ccccc4-c4cccc5c4-c4ccccc4C54c5ccccc5Oc5ccccc54)c4cccc5c4-c4ccccc4C54c5ccccc5Oc5ccccc54)cc3)c2c1/C=C\C. The summed E-state index contributed by atoms with van der Waals surface area (Å²) < 4.78 is 19.9. The topological polar surface area (TPSA) is 34.8 Å². The summed E-state index contributed by atoms with van der Waals surface area (Å²) >= 11 is 0. The molecule has 0 N–H and O–H groups in total. The minimum atomic E-state index is -0.658. The molecule has 0 radical (unpaired) electrons. The fourth-order valence-electron chi connectivity index (χ4n) is 14.2. The van der Waals surface area contributed by atoms with Crippen molar-refractivity contribution >= 4 is 40.2 Å². The molecule has 0 unspecified atom stereocenters. The highest BCUT2D eigenvalue weighted by atomic mass is 16.5. The second-order valence-electron chi connectivity index (χ2n) is 20.9. The monoisotopic (exact) mass is 1010 g/mol. The quantitative estimate of drug-likeness (QED) is 0.159. The first-order valence-electron chi connectivity index (χ1n) is 27.1. The number of benzene rings is 11. The van der Waals surface area contributed by atoms with Crippen molar-refractivity contribution in [2.24, 2.45) is 0 Å². The summed E-state index contributed by atoms with van der Waals surface area (Å²) in [6, 6.07) is 90.7. The molecule has 0 amide bonds. The molecular formula is C75H49NO3. The molecule has 3 heterocycles. The summed E-state index contributed by atoms with van der Waals surface area (Å²) in [5.74, 6) is 4.24. The van der Waals surface area contributed by atoms with Crippen molar-refractivity contribution in [1.29, 1.82) is 0 Å². The Morgan fingerprint density at radius 2 is 0.810 bits per heavy atom. The van der Waals surface area contributed by atoms with Crippen molar-refractivity contribution in [1.82, 2.24) is 0 Å². The smallest absolute Gasteiger partial charge is 0.136 e. The number of furan rings is 1. The zero-order valence-corrected chi connectivity index (χ0v) is 43.3. The van der Waals surface area contributed by atoms with Crippen molar-refractivity contribution in [3.05, 3.63) is 317 Å². The zero-order chi connectivity index (χ0) is 52.4. The molecule has 2 spiro atoms. The van der Waals surface area contributed by atoms with Crippen LogP contribution in [-0.4, -0.2) is 0 Å². The van der Waals surface area contributed by atoms with Gasteiger partial charge in [0, 0.05) is 50.0 Å². The molecule has 372 valence electrons. The van der Waals surface area contributed by atoms with Gasteiger partial charge in [0.2, 0.25) is 0 Å². The average Bonchev–Trinajstić information content (AvgIpc) is 3.45. The molecule has 0 saturated heterocycles. The van der Waals surface area contributed by atoms with Gasteiger partial charge in [-0.1, -0.05) is 213 Å². The van der Waals surface area contributed by atoms with Gasteiger partial charge in [-0.25, -0.2) is 0 Å². The van der Waals surface area contributed by atoms with Crippen LogP contribution in [0.2, 0.25) is 0 Å². The van der Waals surface area contributed by atoms with E-state index in [1.165, 1.54) is 44.5 Å². The number of nitrogens with zero attached hydrogens (tertiary/aromatic N) is 1. The second kappa shape index (κ2) is 17.2. The largest absolute Gasteiger partial charge is 0.457 e. The van der Waals surface area contributed by atoms with Crippen LogP contribution in [0.4, 0.5) is 17.1 Å². The average molecular weight is 1010 g/mol. The molecule has 1 aromatic heterocycles. The van der Waals surface area contributed by atoms with Crippen LogP contribution in [0.25, 0.3) is 67.6 Å². The predicted octanol–water partition coefficient (Wildman–Crippen LogP) is 19.9. The van der Waals surface area contributed by atoms with Crippen molar-refractivity contribution in [2.45, 2.75) is 17.8 Å². The number of fused-ring (bicyclic) bond motifs is 19. The van der Waals surface area contributed by atoms with Crippen LogP contribution in [0.15, 0.2) is 266 Å². The predicted molar refractivity (Wildman–Crippen MR) is 321 cm³/mol. The number of hydrogen-bond acceptors (Lipinski definition) is 4. The highest BCUT2D eigenvalue weighted by Gasteiger charge is 2.53. The molecule has 11 aromatic carbocycles. The fraction of sp³-hybridized carbons (Fsp3) is 0.0400. The summed E-state index contributed by atoms with van der Waals surface area (Å²) in [5, 5.41) is 1.07. The molecule has 4 aliphatic rings. The van der Waals surface area contributed by atoms with E-state index in [0.717, 1.165) is 107 Å². The van der Waals surface area contributed by atoms with E-state index >= 15 is 0 Å². The number of anilines is 3. The Morgan fingerprint density at radius 1 is 0.380 bits per heavy atom. The Hall–Kier alpha value is -10.2. The number of allylic oxidation sites excluding steroid dienone is 1. The summed E-state index contributed by atoms with van der Waals surface area (Å²) in [6.07, 6.45) is 5.99. The highest BCUT2D eigenvalue weighted by Crippen LogP contribution is 2.66. The molecule has 0 atom stereocenters. The van der Waals surface area contributed by atoms with Crippen LogP contribution in [0.1, 0.15) is 62.8 Å². The van der Waals surface area contributed by atoms with E-state index < -0.39 is 10.8 Å². The van der Waals surface area contributed by atoms with Gasteiger partial charge in [-0.3, -0.25) is 0 Å². The van der Waals surface area contributed by atoms with Crippen LogP contribution in [-0.2, 0) is 10.8 Å². The molecule has 0 fully saturated rings. The molecule has 4 heteroatoms. The number of ether oxygens (including phenoxy) is 2. The fourth-order valence-corrected chi connectivity index (χ4v) is 14.2. The van der Waals surface area contributed by atoms with Crippen LogP contribution < -0.4 is 14.4 Å². The van der Waals surface area contributed by atoms with Crippen LogP contribution in [0, 0.1) is 0 Å². The highest BCUT2D eigenvalue weighted by molar-refractivity contribution is 6.05. The Bertz CT molecular complexity index is 4460. The number of para-hydroxylation sites is 5. The molecule has 2 aliphatic heterocycles. The molecule has 79 heavy (non-hydrogen) atoms. The molecular weight excluding hydrogens is 963 g/mol. The third kappa shape index (κ3) is 6.08. The van der Waals surface area contributed by atoms with E-state index in [9.17, 15) is 0 Å². The van der Waals surface area contributed by atoms with E-state index in [1.807, 2.05) is 13.0 Å². The van der Waals surface area contributed by atoms with Gasteiger partial charge in [0.1, 0.15) is 34.3 Å². The lowest BCUT2D eigenvalue weighted by atomic mass is 9.66. The lowest BCUT2D eigenvalue weighted by Crippen LogP contribution is -2.32. The maximum atomic E-state index is 6.79. The molecule has 12 aromatic rings. The van der Waals surface area contributed by atoms with Crippen LogP contribution in [0.5, 0.6) is 23.0 Å². The normalized spacial score (nSPS) is 14.0. The first-order valence-corrected chi connectivity index (χ1v) is 27.1. The first-order chi connectivity index (χ1) is 39.1. The van der Waals surface area contributed by atoms with E-state index in [-0.39, 0.29) is 0 Å². The van der Waals surface area contributed by atoms with Crippen molar-refractivity contribution < 1.29 is 13.9 Å². The van der Waals surface area contributed by atoms with Crippen molar-refractivity contribution in [3.8, 4) is 67.5 Å². The Kier molecular flexibility index (Phi) is 9.80. The summed E-state index contributed by atoms with van der Waals surface area (Å²) in [6.45, 7) is 6.15. The third-order valence-corrected chi connectivity index (χ3v) is 17.1. The van der Waals surface area contributed by atoms with Gasteiger partial charge in [0.05, 0.1) is 22.2 Å². The third-order valence-electron chi connectivity index (χ3n) is 17.1.